The van der Waals surface area contributed by atoms with Gasteiger partial charge in [-0.3, -0.25) is 4.79 Å². The monoisotopic (exact) mass is 230 g/mol. The summed E-state index contributed by atoms with van der Waals surface area (Å²) in [6.07, 6.45) is 0.924. The standard InChI is InChI=1S/C14H18N2O/c1-10-9-16(7-6-15-10)14(17)13-8-11-4-2-3-5-12(11)13/h2-5,10,13,15H,6-9H2,1H3. The van der Waals surface area contributed by atoms with Crippen molar-refractivity contribution in [3.63, 3.8) is 0 Å². The highest BCUT2D eigenvalue weighted by Crippen LogP contribution is 2.36. The van der Waals surface area contributed by atoms with Crippen molar-refractivity contribution in [2.45, 2.75) is 25.3 Å². The van der Waals surface area contributed by atoms with Crippen molar-refractivity contribution in [1.29, 1.82) is 0 Å². The summed E-state index contributed by atoms with van der Waals surface area (Å²) in [4.78, 5) is 14.4. The second-order valence-corrected chi connectivity index (χ2v) is 5.09. The van der Waals surface area contributed by atoms with Crippen LogP contribution in [-0.4, -0.2) is 36.5 Å². The van der Waals surface area contributed by atoms with Crippen molar-refractivity contribution in [2.24, 2.45) is 0 Å². The van der Waals surface area contributed by atoms with Crippen LogP contribution in [0.2, 0.25) is 0 Å². The summed E-state index contributed by atoms with van der Waals surface area (Å²) < 4.78 is 0. The molecule has 1 saturated heterocycles. The molecule has 3 rings (SSSR count). The van der Waals surface area contributed by atoms with Gasteiger partial charge in [0.2, 0.25) is 5.91 Å². The minimum atomic E-state index is 0.122. The molecule has 2 atom stereocenters. The fraction of sp³-hybridized carbons (Fsp3) is 0.500. The maximum Gasteiger partial charge on any atom is 0.230 e. The molecule has 2 unspecified atom stereocenters. The zero-order chi connectivity index (χ0) is 11.8. The van der Waals surface area contributed by atoms with E-state index in [9.17, 15) is 4.79 Å². The quantitative estimate of drug-likeness (QED) is 0.785. The highest BCUT2D eigenvalue weighted by molar-refractivity contribution is 5.87. The van der Waals surface area contributed by atoms with Gasteiger partial charge in [-0.1, -0.05) is 24.3 Å². The van der Waals surface area contributed by atoms with E-state index >= 15 is 0 Å². The second kappa shape index (κ2) is 4.15. The predicted octanol–water partition coefficient (Wildman–Crippen LogP) is 1.15. The summed E-state index contributed by atoms with van der Waals surface area (Å²) in [7, 11) is 0. The summed E-state index contributed by atoms with van der Waals surface area (Å²) in [5, 5.41) is 3.37. The number of rotatable bonds is 1. The minimum Gasteiger partial charge on any atom is -0.339 e. The highest BCUT2D eigenvalue weighted by atomic mass is 16.2. The van der Waals surface area contributed by atoms with Crippen molar-refractivity contribution in [3.05, 3.63) is 35.4 Å². The van der Waals surface area contributed by atoms with E-state index in [2.05, 4.69) is 24.4 Å². The van der Waals surface area contributed by atoms with E-state index in [1.54, 1.807) is 0 Å². The van der Waals surface area contributed by atoms with Crippen LogP contribution in [-0.2, 0) is 11.2 Å². The molecule has 1 aromatic rings. The number of amides is 1. The normalized spacial score (nSPS) is 27.2. The van der Waals surface area contributed by atoms with Gasteiger partial charge >= 0.3 is 0 Å². The Morgan fingerprint density at radius 1 is 1.41 bits per heavy atom. The number of hydrogen-bond acceptors (Lipinski definition) is 2. The zero-order valence-corrected chi connectivity index (χ0v) is 10.1. The van der Waals surface area contributed by atoms with Crippen molar-refractivity contribution in [2.75, 3.05) is 19.6 Å². The third-order valence-electron chi connectivity index (χ3n) is 3.83. The van der Waals surface area contributed by atoms with Gasteiger partial charge in [0.25, 0.3) is 0 Å². The minimum absolute atomic E-state index is 0.122. The molecule has 1 amide bonds. The van der Waals surface area contributed by atoms with Crippen LogP contribution in [0.4, 0.5) is 0 Å². The van der Waals surface area contributed by atoms with Crippen molar-refractivity contribution < 1.29 is 4.79 Å². The number of nitrogens with one attached hydrogen (secondary N) is 1. The number of fused-ring (bicyclic) bond motifs is 1. The summed E-state index contributed by atoms with van der Waals surface area (Å²) in [5.41, 5.74) is 2.58. The van der Waals surface area contributed by atoms with Gasteiger partial charge in [-0.25, -0.2) is 0 Å². The van der Waals surface area contributed by atoms with Crippen LogP contribution in [0.1, 0.15) is 24.0 Å². The van der Waals surface area contributed by atoms with Gasteiger partial charge in [0.1, 0.15) is 0 Å². The van der Waals surface area contributed by atoms with Gasteiger partial charge < -0.3 is 10.2 Å². The molecule has 0 saturated carbocycles. The van der Waals surface area contributed by atoms with E-state index < -0.39 is 0 Å². The molecule has 90 valence electrons. The molecule has 1 aromatic carbocycles. The Bertz CT molecular complexity index is 444. The Hall–Kier alpha value is -1.35. The van der Waals surface area contributed by atoms with Gasteiger partial charge in [0.05, 0.1) is 5.92 Å². The maximum atomic E-state index is 12.4. The van der Waals surface area contributed by atoms with E-state index in [-0.39, 0.29) is 5.92 Å². The zero-order valence-electron chi connectivity index (χ0n) is 10.1. The van der Waals surface area contributed by atoms with E-state index in [0.717, 1.165) is 26.1 Å². The molecule has 0 radical (unpaired) electrons. The lowest BCUT2D eigenvalue weighted by Gasteiger charge is -2.37. The first kappa shape index (κ1) is 10.8. The molecule has 3 nitrogen and oxygen atoms in total. The summed E-state index contributed by atoms with van der Waals surface area (Å²) in [6.45, 7) is 4.74. The molecule has 17 heavy (non-hydrogen) atoms. The van der Waals surface area contributed by atoms with E-state index in [1.807, 2.05) is 17.0 Å². The number of hydrogen-bond donors (Lipinski definition) is 1. The molecule has 1 aliphatic heterocycles. The van der Waals surface area contributed by atoms with Crippen LogP contribution in [0, 0.1) is 0 Å². The summed E-state index contributed by atoms with van der Waals surface area (Å²) in [6, 6.07) is 8.71. The SMILES string of the molecule is CC1CN(C(=O)C2Cc3ccccc32)CCN1. The number of nitrogens with zero attached hydrogens (tertiary/aromatic N) is 1. The van der Waals surface area contributed by atoms with Gasteiger partial charge in [-0.15, -0.1) is 0 Å². The molecule has 3 heteroatoms. The van der Waals surface area contributed by atoms with Crippen LogP contribution in [0.25, 0.3) is 0 Å². The molecular formula is C14H18N2O. The smallest absolute Gasteiger partial charge is 0.230 e. The topological polar surface area (TPSA) is 32.3 Å². The highest BCUT2D eigenvalue weighted by Gasteiger charge is 2.35. The number of carbonyl (C=O) groups is 1. The van der Waals surface area contributed by atoms with Crippen molar-refractivity contribution >= 4 is 5.91 Å². The number of carbonyl (C=O) groups excluding carboxylic acids is 1. The molecule has 1 fully saturated rings. The largest absolute Gasteiger partial charge is 0.339 e. The Morgan fingerprint density at radius 3 is 3.00 bits per heavy atom. The van der Waals surface area contributed by atoms with Gasteiger partial charge in [-0.2, -0.15) is 0 Å². The van der Waals surface area contributed by atoms with Crippen LogP contribution >= 0.6 is 0 Å². The number of benzene rings is 1. The molecule has 1 aliphatic carbocycles. The fourth-order valence-electron chi connectivity index (χ4n) is 2.83. The van der Waals surface area contributed by atoms with Crippen LogP contribution in [0.3, 0.4) is 0 Å². The molecule has 0 spiro atoms. The predicted molar refractivity (Wildman–Crippen MR) is 66.9 cm³/mol. The Labute approximate surface area is 102 Å². The average molecular weight is 230 g/mol. The van der Waals surface area contributed by atoms with Crippen molar-refractivity contribution in [1.82, 2.24) is 10.2 Å². The van der Waals surface area contributed by atoms with Crippen LogP contribution < -0.4 is 5.32 Å². The summed E-state index contributed by atoms with van der Waals surface area (Å²) in [5.74, 6) is 0.438. The third kappa shape index (κ3) is 1.84. The van der Waals surface area contributed by atoms with Gasteiger partial charge in [-0.05, 0) is 24.5 Å². The number of piperazine rings is 1. The lowest BCUT2D eigenvalue weighted by atomic mass is 9.76. The molecule has 2 aliphatic rings. The van der Waals surface area contributed by atoms with Crippen LogP contribution in [0.15, 0.2) is 24.3 Å². The van der Waals surface area contributed by atoms with E-state index in [0.29, 0.717) is 11.9 Å². The second-order valence-electron chi connectivity index (χ2n) is 5.09. The molecule has 0 aromatic heterocycles. The van der Waals surface area contributed by atoms with Crippen LogP contribution in [0.5, 0.6) is 0 Å². The Morgan fingerprint density at radius 2 is 2.24 bits per heavy atom. The van der Waals surface area contributed by atoms with E-state index in [1.165, 1.54) is 11.1 Å². The fourth-order valence-corrected chi connectivity index (χ4v) is 2.83. The Balaban J connectivity index is 1.72. The van der Waals surface area contributed by atoms with Crippen molar-refractivity contribution in [3.8, 4) is 0 Å². The van der Waals surface area contributed by atoms with Gasteiger partial charge in [0.15, 0.2) is 0 Å². The molecule has 1 heterocycles. The lowest BCUT2D eigenvalue weighted by molar-refractivity contribution is -0.134. The average Bonchev–Trinajstić information content (AvgIpc) is 2.30. The third-order valence-corrected chi connectivity index (χ3v) is 3.83. The first-order valence-corrected chi connectivity index (χ1v) is 6.35. The first-order valence-electron chi connectivity index (χ1n) is 6.35. The maximum absolute atomic E-state index is 12.4. The molecular weight excluding hydrogens is 212 g/mol. The first-order chi connectivity index (χ1) is 8.25. The molecule has 0 bridgehead atoms. The molecule has 1 N–H and O–H groups in total. The van der Waals surface area contributed by atoms with E-state index in [4.69, 9.17) is 0 Å². The van der Waals surface area contributed by atoms with Gasteiger partial charge in [0, 0.05) is 25.7 Å². The summed E-state index contributed by atoms with van der Waals surface area (Å²) >= 11 is 0. The Kier molecular flexibility index (Phi) is 2.63. The lowest BCUT2D eigenvalue weighted by Crippen LogP contribution is -2.53.